The lowest BCUT2D eigenvalue weighted by Crippen LogP contribution is -2.57. The molecule has 4 rings (SSSR count). The van der Waals surface area contributed by atoms with Crippen molar-refractivity contribution in [3.8, 4) is 0 Å². The van der Waals surface area contributed by atoms with E-state index in [0.717, 1.165) is 29.7 Å². The topological polar surface area (TPSA) is 20.3 Å². The third-order valence-corrected chi connectivity index (χ3v) is 6.80. The van der Waals surface area contributed by atoms with Gasteiger partial charge in [-0.2, -0.15) is 0 Å². The molecule has 2 aliphatic rings. The highest BCUT2D eigenvalue weighted by atomic mass is 19.1. The summed E-state index contributed by atoms with van der Waals surface area (Å²) in [5.74, 6) is 0.742. The highest BCUT2D eigenvalue weighted by Crippen LogP contribution is 2.47. The number of quaternary nitrogens is 1. The number of rotatable bonds is 4. The highest BCUT2D eigenvalue weighted by molar-refractivity contribution is 6.08. The van der Waals surface area contributed by atoms with Gasteiger partial charge in [0.2, 0.25) is 0 Å². The molecule has 0 N–H and O–H groups in total. The molecule has 29 heavy (non-hydrogen) atoms. The van der Waals surface area contributed by atoms with Gasteiger partial charge < -0.3 is 9.38 Å². The minimum Gasteiger partial charge on any atom is -0.325 e. The third-order valence-electron chi connectivity index (χ3n) is 6.80. The van der Waals surface area contributed by atoms with Crippen LogP contribution in [0.1, 0.15) is 54.1 Å². The fraction of sp³-hybridized carbons (Fsp3) is 0.480. The number of amides is 1. The molecule has 1 fully saturated rings. The molecular weight excluding hydrogens is 363 g/mol. The fourth-order valence-electron chi connectivity index (χ4n) is 5.08. The first-order valence-corrected chi connectivity index (χ1v) is 10.8. The van der Waals surface area contributed by atoms with Gasteiger partial charge in [0.1, 0.15) is 5.82 Å². The van der Waals surface area contributed by atoms with E-state index >= 15 is 0 Å². The molecule has 2 aromatic carbocycles. The van der Waals surface area contributed by atoms with E-state index in [-0.39, 0.29) is 17.8 Å². The number of likely N-dealkylation sites (tertiary alicyclic amines) is 1. The van der Waals surface area contributed by atoms with Crippen LogP contribution in [0.25, 0.3) is 0 Å². The van der Waals surface area contributed by atoms with Gasteiger partial charge in [0, 0.05) is 17.7 Å². The standard InChI is InChI=1S/C25H32FN2O/c1-17(2)11-13-28(4)14-12-24-22(16-28)21-15-18(3)5-10-23(21)27(24)25(29)19-6-8-20(26)9-7-19/h5-10,15,17,22,24H,11-14,16H2,1-4H3/q+1. The molecule has 0 aromatic heterocycles. The first kappa shape index (κ1) is 20.1. The Kier molecular flexibility index (Phi) is 5.24. The summed E-state index contributed by atoms with van der Waals surface area (Å²) in [6, 6.07) is 12.6. The van der Waals surface area contributed by atoms with Crippen molar-refractivity contribution < 1.29 is 13.7 Å². The van der Waals surface area contributed by atoms with Gasteiger partial charge in [0.25, 0.3) is 5.91 Å². The van der Waals surface area contributed by atoms with Gasteiger partial charge in [0.05, 0.1) is 38.6 Å². The highest BCUT2D eigenvalue weighted by Gasteiger charge is 2.48. The Morgan fingerprint density at radius 2 is 1.93 bits per heavy atom. The van der Waals surface area contributed by atoms with E-state index in [9.17, 15) is 9.18 Å². The molecule has 2 aromatic rings. The SMILES string of the molecule is Cc1ccc2c(c1)C1C[N+](C)(CCC(C)C)CCC1N2C(=O)c1ccc(F)cc1. The summed E-state index contributed by atoms with van der Waals surface area (Å²) >= 11 is 0. The van der Waals surface area contributed by atoms with E-state index in [2.05, 4.69) is 46.0 Å². The Morgan fingerprint density at radius 3 is 2.62 bits per heavy atom. The Bertz CT molecular complexity index is 908. The van der Waals surface area contributed by atoms with Crippen LogP contribution in [0.5, 0.6) is 0 Å². The summed E-state index contributed by atoms with van der Waals surface area (Å²) < 4.78 is 14.4. The number of fused-ring (bicyclic) bond motifs is 3. The second-order valence-corrected chi connectivity index (χ2v) is 9.64. The molecule has 0 saturated carbocycles. The molecule has 0 bridgehead atoms. The van der Waals surface area contributed by atoms with Crippen LogP contribution < -0.4 is 4.90 Å². The second-order valence-electron chi connectivity index (χ2n) is 9.64. The van der Waals surface area contributed by atoms with Gasteiger partial charge >= 0.3 is 0 Å². The van der Waals surface area contributed by atoms with Gasteiger partial charge in [-0.05, 0) is 55.2 Å². The minimum atomic E-state index is -0.312. The van der Waals surface area contributed by atoms with Crippen molar-refractivity contribution in [1.29, 1.82) is 0 Å². The summed E-state index contributed by atoms with van der Waals surface area (Å²) in [5, 5.41) is 0. The predicted molar refractivity (Wildman–Crippen MR) is 116 cm³/mol. The number of hydrogen-bond donors (Lipinski definition) is 0. The summed E-state index contributed by atoms with van der Waals surface area (Å²) in [4.78, 5) is 15.4. The van der Waals surface area contributed by atoms with Crippen molar-refractivity contribution in [1.82, 2.24) is 0 Å². The molecule has 2 aliphatic heterocycles. The van der Waals surface area contributed by atoms with Crippen LogP contribution in [-0.4, -0.2) is 43.1 Å². The van der Waals surface area contributed by atoms with Gasteiger partial charge in [-0.25, -0.2) is 4.39 Å². The monoisotopic (exact) mass is 395 g/mol. The zero-order chi connectivity index (χ0) is 20.8. The molecule has 0 aliphatic carbocycles. The number of carbonyl (C=O) groups is 1. The maximum atomic E-state index is 13.4. The van der Waals surface area contributed by atoms with E-state index < -0.39 is 0 Å². The number of hydrogen-bond acceptors (Lipinski definition) is 1. The molecule has 2 heterocycles. The number of nitrogens with zero attached hydrogens (tertiary/aromatic N) is 2. The van der Waals surface area contributed by atoms with Gasteiger partial charge in [-0.1, -0.05) is 31.5 Å². The van der Waals surface area contributed by atoms with Crippen LogP contribution in [0.3, 0.4) is 0 Å². The Hall–Kier alpha value is -2.20. The average molecular weight is 396 g/mol. The maximum Gasteiger partial charge on any atom is 0.258 e. The lowest BCUT2D eigenvalue weighted by molar-refractivity contribution is -0.916. The van der Waals surface area contributed by atoms with Gasteiger partial charge in [-0.3, -0.25) is 4.79 Å². The summed E-state index contributed by atoms with van der Waals surface area (Å²) in [7, 11) is 2.37. The van der Waals surface area contributed by atoms with Crippen LogP contribution in [-0.2, 0) is 0 Å². The predicted octanol–water partition coefficient (Wildman–Crippen LogP) is 5.14. The van der Waals surface area contributed by atoms with Crippen LogP contribution in [0, 0.1) is 18.7 Å². The van der Waals surface area contributed by atoms with Crippen molar-refractivity contribution in [3.63, 3.8) is 0 Å². The quantitative estimate of drug-likeness (QED) is 0.656. The molecule has 154 valence electrons. The van der Waals surface area contributed by atoms with Gasteiger partial charge in [0.15, 0.2) is 0 Å². The van der Waals surface area contributed by atoms with E-state index in [4.69, 9.17) is 0 Å². The number of halogens is 1. The zero-order valence-electron chi connectivity index (χ0n) is 18.0. The number of benzene rings is 2. The summed E-state index contributed by atoms with van der Waals surface area (Å²) in [6.07, 6.45) is 2.23. The lowest BCUT2D eigenvalue weighted by atomic mass is 9.86. The molecule has 3 unspecified atom stereocenters. The zero-order valence-corrected chi connectivity index (χ0v) is 18.0. The van der Waals surface area contributed by atoms with E-state index in [0.29, 0.717) is 17.4 Å². The van der Waals surface area contributed by atoms with Crippen molar-refractivity contribution >= 4 is 11.6 Å². The van der Waals surface area contributed by atoms with Crippen LogP contribution in [0.2, 0.25) is 0 Å². The lowest BCUT2D eigenvalue weighted by Gasteiger charge is -2.44. The molecule has 1 saturated heterocycles. The smallest absolute Gasteiger partial charge is 0.258 e. The Morgan fingerprint density at radius 1 is 1.21 bits per heavy atom. The molecular formula is C25H32FN2O+. The first-order valence-electron chi connectivity index (χ1n) is 10.8. The number of aryl methyl sites for hydroxylation is 1. The second kappa shape index (κ2) is 7.56. The van der Waals surface area contributed by atoms with Crippen molar-refractivity contribution in [2.45, 2.75) is 45.6 Å². The molecule has 4 heteroatoms. The number of anilines is 1. The number of piperidine rings is 1. The molecule has 3 atom stereocenters. The van der Waals surface area contributed by atoms with E-state index in [1.807, 2.05) is 4.90 Å². The average Bonchev–Trinajstić information content (AvgIpc) is 2.99. The van der Waals surface area contributed by atoms with Crippen LogP contribution >= 0.6 is 0 Å². The maximum absolute atomic E-state index is 13.4. The van der Waals surface area contributed by atoms with Crippen molar-refractivity contribution in [2.75, 3.05) is 31.6 Å². The minimum absolute atomic E-state index is 0.0131. The number of carbonyl (C=O) groups excluding carboxylic acids is 1. The molecule has 0 spiro atoms. The Balaban J connectivity index is 1.67. The Labute approximate surface area is 173 Å². The summed E-state index contributed by atoms with van der Waals surface area (Å²) in [5.41, 5.74) is 4.14. The largest absolute Gasteiger partial charge is 0.325 e. The molecule has 1 amide bonds. The van der Waals surface area contributed by atoms with Crippen LogP contribution in [0.15, 0.2) is 42.5 Å². The van der Waals surface area contributed by atoms with Gasteiger partial charge in [-0.15, -0.1) is 0 Å². The molecule has 3 nitrogen and oxygen atoms in total. The van der Waals surface area contributed by atoms with E-state index in [1.165, 1.54) is 36.2 Å². The first-order chi connectivity index (χ1) is 13.8. The van der Waals surface area contributed by atoms with Crippen LogP contribution in [0.4, 0.5) is 10.1 Å². The third kappa shape index (κ3) is 3.83. The van der Waals surface area contributed by atoms with Crippen molar-refractivity contribution in [2.24, 2.45) is 5.92 Å². The number of likely N-dealkylation sites (N-methyl/N-ethyl adjacent to an activating group) is 1. The summed E-state index contributed by atoms with van der Waals surface area (Å²) in [6.45, 7) is 10.0. The molecule has 0 radical (unpaired) electrons. The van der Waals surface area contributed by atoms with Crippen molar-refractivity contribution in [3.05, 3.63) is 65.0 Å². The van der Waals surface area contributed by atoms with E-state index in [1.54, 1.807) is 12.1 Å². The fourth-order valence-corrected chi connectivity index (χ4v) is 5.08. The normalized spacial score (nSPS) is 25.8.